The van der Waals surface area contributed by atoms with Crippen LogP contribution in [0.1, 0.15) is 22.3 Å². The van der Waals surface area contributed by atoms with E-state index in [1.807, 2.05) is 31.2 Å². The highest BCUT2D eigenvalue weighted by atomic mass is 79.9. The highest BCUT2D eigenvalue weighted by Crippen LogP contribution is 2.33. The van der Waals surface area contributed by atoms with Crippen LogP contribution in [0.4, 0.5) is 13.2 Å². The lowest BCUT2D eigenvalue weighted by atomic mass is 10.2. The molecule has 0 aliphatic rings. The number of nitrogens with zero attached hydrogens (tertiary/aromatic N) is 8. The maximum absolute atomic E-state index is 13.1. The number of imidazole rings is 2. The molecule has 0 spiro atoms. The minimum absolute atomic E-state index is 0.0500. The highest BCUT2D eigenvalue weighted by Gasteiger charge is 2.31. The molecule has 20 heteroatoms. The van der Waals surface area contributed by atoms with Crippen molar-refractivity contribution in [2.75, 3.05) is 0 Å². The van der Waals surface area contributed by atoms with Crippen molar-refractivity contribution >= 4 is 61.5 Å². The first-order chi connectivity index (χ1) is 29.2. The minimum atomic E-state index is -4.55. The number of aryl methyl sites for hydroxylation is 3. The van der Waals surface area contributed by atoms with Gasteiger partial charge in [-0.2, -0.15) is 18.2 Å². The Balaban J connectivity index is 0.000000183. The van der Waals surface area contributed by atoms with Crippen LogP contribution >= 0.6 is 39.1 Å². The summed E-state index contributed by atoms with van der Waals surface area (Å²) < 4.78 is 53.2. The molecule has 0 fully saturated rings. The molecule has 0 aliphatic carbocycles. The number of benzene rings is 4. The quantitative estimate of drug-likeness (QED) is 0.168. The molecule has 0 aliphatic heterocycles. The van der Waals surface area contributed by atoms with Gasteiger partial charge in [-0.25, -0.2) is 14.6 Å². The third-order valence-corrected chi connectivity index (χ3v) is 10.6. The van der Waals surface area contributed by atoms with Crippen LogP contribution in [0.3, 0.4) is 0 Å². The van der Waals surface area contributed by atoms with Crippen molar-refractivity contribution in [2.24, 2.45) is 28.2 Å². The summed E-state index contributed by atoms with van der Waals surface area (Å²) in [6.07, 6.45) is -4.55. The predicted molar refractivity (Wildman–Crippen MR) is 234 cm³/mol. The van der Waals surface area contributed by atoms with Gasteiger partial charge in [0.05, 0.1) is 18.7 Å². The first-order valence-corrected chi connectivity index (χ1v) is 19.9. The molecule has 62 heavy (non-hydrogen) atoms. The number of phenolic OH excluding ortho intramolecular Hbond substituents is 1. The smallest absolute Gasteiger partial charge is 0.416 e. The summed E-state index contributed by atoms with van der Waals surface area (Å²) in [5, 5.41) is 9.98. The molecule has 0 saturated heterocycles. The first-order valence-electron chi connectivity index (χ1n) is 18.3. The molecular weight excluding hydrogens is 920 g/mol. The summed E-state index contributed by atoms with van der Waals surface area (Å²) in [4.78, 5) is 58.2. The lowest BCUT2D eigenvalue weighted by Crippen LogP contribution is -2.37. The van der Waals surface area contributed by atoms with Crippen molar-refractivity contribution in [1.29, 1.82) is 0 Å². The van der Waals surface area contributed by atoms with Crippen LogP contribution in [-0.4, -0.2) is 42.5 Å². The maximum atomic E-state index is 13.1. The highest BCUT2D eigenvalue weighted by molar-refractivity contribution is 9.10. The fourth-order valence-electron chi connectivity index (χ4n) is 6.23. The summed E-state index contributed by atoms with van der Waals surface area (Å²) >= 11 is 15.2. The molecule has 0 radical (unpaired) electrons. The molecule has 0 bridgehead atoms. The second-order valence-electron chi connectivity index (χ2n) is 13.9. The van der Waals surface area contributed by atoms with Crippen molar-refractivity contribution in [2.45, 2.75) is 26.2 Å². The van der Waals surface area contributed by atoms with Gasteiger partial charge in [0.25, 0.3) is 11.1 Å². The molecule has 8 rings (SSSR count). The molecule has 0 unspecified atom stereocenters. The number of halogens is 6. The van der Waals surface area contributed by atoms with Gasteiger partial charge in [-0.3, -0.25) is 32.4 Å². The number of fused-ring (bicyclic) bond motifs is 2. The fraction of sp³-hybridized carbons (Fsp3) is 0.190. The van der Waals surface area contributed by atoms with Crippen molar-refractivity contribution in [3.05, 3.63) is 176 Å². The van der Waals surface area contributed by atoms with E-state index >= 15 is 0 Å². The zero-order valence-electron chi connectivity index (χ0n) is 33.5. The summed E-state index contributed by atoms with van der Waals surface area (Å²) in [5.74, 6) is 0.222. The van der Waals surface area contributed by atoms with E-state index in [4.69, 9.17) is 33.0 Å². The summed E-state index contributed by atoms with van der Waals surface area (Å²) in [5.41, 5.74) is 0.794. The Kier molecular flexibility index (Phi) is 13.3. The number of aromatic nitrogens is 8. The average Bonchev–Trinajstić information content (AvgIpc) is 3.75. The standard InChI is InChI=1S/C21H16ClF3N4O3.C14H12BrClN4O2.C7H8O/c1-27-17-16(18(30)28(2)20(27)31)29(11-12-6-8-14(22)9-7-12)19(26-17)32-15-5-3-4-13(10-15)21(23,24)25;1-18-11-10(12(21)19(2)14(18)22)20(13(15)17-11)7-8-3-5-9(16)6-4-8;1-6-3-2-4-7(8)5-6/h3-10H,11H2,1-2H3;3-6H,7H2,1-2H3;2-5,8H,1H3. The number of hydrogen-bond donors (Lipinski definition) is 1. The Labute approximate surface area is 368 Å². The lowest BCUT2D eigenvalue weighted by molar-refractivity contribution is -0.137. The van der Waals surface area contributed by atoms with E-state index in [1.54, 1.807) is 60.1 Å². The Bertz CT molecular complexity index is 3170. The number of phenols is 1. The first kappa shape index (κ1) is 45.2. The molecular formula is C42H36BrCl2F3N8O6. The summed E-state index contributed by atoms with van der Waals surface area (Å²) in [7, 11) is 5.82. The van der Waals surface area contributed by atoms with Gasteiger partial charge in [0.2, 0.25) is 0 Å². The van der Waals surface area contributed by atoms with Crippen LogP contribution in [0.2, 0.25) is 10.0 Å². The normalized spacial score (nSPS) is 11.3. The van der Waals surface area contributed by atoms with Crippen LogP contribution in [0, 0.1) is 6.92 Å². The summed E-state index contributed by atoms with van der Waals surface area (Å²) in [6, 6.07) is 25.5. The van der Waals surface area contributed by atoms with Gasteiger partial charge < -0.3 is 14.4 Å². The third-order valence-electron chi connectivity index (χ3n) is 9.49. The second-order valence-corrected chi connectivity index (χ2v) is 15.5. The van der Waals surface area contributed by atoms with E-state index in [2.05, 4.69) is 25.9 Å². The van der Waals surface area contributed by atoms with Crippen molar-refractivity contribution in [3.63, 3.8) is 0 Å². The van der Waals surface area contributed by atoms with Gasteiger partial charge in [-0.05, 0) is 94.1 Å². The van der Waals surface area contributed by atoms with Gasteiger partial charge in [0.15, 0.2) is 27.1 Å². The fourth-order valence-corrected chi connectivity index (χ4v) is 6.95. The topological polar surface area (TPSA) is 153 Å². The van der Waals surface area contributed by atoms with E-state index in [-0.39, 0.29) is 35.0 Å². The number of aromatic hydroxyl groups is 1. The number of rotatable bonds is 6. The van der Waals surface area contributed by atoms with Gasteiger partial charge in [-0.1, -0.05) is 65.7 Å². The number of alkyl halides is 3. The monoisotopic (exact) mass is 954 g/mol. The van der Waals surface area contributed by atoms with Crippen molar-refractivity contribution < 1.29 is 23.0 Å². The van der Waals surface area contributed by atoms with Crippen LogP contribution < -0.4 is 27.2 Å². The Morgan fingerprint density at radius 3 is 1.63 bits per heavy atom. The van der Waals surface area contributed by atoms with Crippen LogP contribution in [0.15, 0.2) is 121 Å². The number of hydrogen-bond acceptors (Lipinski definition) is 8. The van der Waals surface area contributed by atoms with Crippen molar-refractivity contribution in [1.82, 2.24) is 37.4 Å². The maximum Gasteiger partial charge on any atom is 0.416 e. The Morgan fingerprint density at radius 2 is 1.15 bits per heavy atom. The van der Waals surface area contributed by atoms with Crippen LogP contribution in [0.5, 0.6) is 17.5 Å². The van der Waals surface area contributed by atoms with E-state index in [1.165, 1.54) is 47.0 Å². The van der Waals surface area contributed by atoms with E-state index in [0.29, 0.717) is 38.2 Å². The van der Waals surface area contributed by atoms with E-state index < -0.39 is 28.7 Å². The Morgan fingerprint density at radius 1 is 0.661 bits per heavy atom. The third kappa shape index (κ3) is 9.72. The molecule has 4 aromatic heterocycles. The average molecular weight is 957 g/mol. The molecule has 322 valence electrons. The zero-order valence-corrected chi connectivity index (χ0v) is 36.6. The lowest BCUT2D eigenvalue weighted by Gasteiger charge is -2.12. The van der Waals surface area contributed by atoms with Gasteiger partial charge >= 0.3 is 23.6 Å². The molecule has 0 amide bonds. The molecule has 14 nitrogen and oxygen atoms in total. The van der Waals surface area contributed by atoms with Gasteiger partial charge in [0.1, 0.15) is 11.5 Å². The second kappa shape index (κ2) is 18.3. The Hall–Kier alpha value is -6.37. The molecule has 0 saturated carbocycles. The van der Waals surface area contributed by atoms with Crippen molar-refractivity contribution in [3.8, 4) is 17.5 Å². The summed E-state index contributed by atoms with van der Waals surface area (Å²) in [6.45, 7) is 2.50. The zero-order chi connectivity index (χ0) is 45.2. The van der Waals surface area contributed by atoms with Gasteiger partial charge in [-0.15, -0.1) is 0 Å². The molecule has 4 aromatic carbocycles. The molecule has 1 N–H and O–H groups in total. The van der Waals surface area contributed by atoms with Crippen LogP contribution in [-0.2, 0) is 47.5 Å². The van der Waals surface area contributed by atoms with Gasteiger partial charge in [0, 0.05) is 38.2 Å². The van der Waals surface area contributed by atoms with Crippen LogP contribution in [0.25, 0.3) is 22.3 Å². The molecule has 0 atom stereocenters. The van der Waals surface area contributed by atoms with E-state index in [0.717, 1.165) is 38.0 Å². The van der Waals surface area contributed by atoms with E-state index in [9.17, 15) is 32.3 Å². The number of ether oxygens (including phenoxy) is 1. The SMILES string of the molecule is Cc1cccc(O)c1.Cn1c(=O)c2c(nc(Br)n2Cc2ccc(Cl)cc2)n(C)c1=O.Cn1c(=O)c2c(nc(Oc3cccc(C(F)(F)F)c3)n2Cc2ccc(Cl)cc2)n(C)c1=O. The molecule has 4 heterocycles. The minimum Gasteiger partial charge on any atom is -0.508 e. The predicted octanol–water partition coefficient (Wildman–Crippen LogP) is 7.55. The largest absolute Gasteiger partial charge is 0.508 e. The molecule has 8 aromatic rings.